The minimum atomic E-state index is -4.05. The average Bonchev–Trinajstić information content (AvgIpc) is 3.99. The molecule has 0 aliphatic rings. The van der Waals surface area contributed by atoms with E-state index in [1.165, 1.54) is 30.3 Å². The number of nitrogens with zero attached hydrogens (tertiary/aromatic N) is 7. The summed E-state index contributed by atoms with van der Waals surface area (Å²) in [5.41, 5.74) is 3.90. The summed E-state index contributed by atoms with van der Waals surface area (Å²) in [4.78, 5) is 12.9. The van der Waals surface area contributed by atoms with E-state index in [1.54, 1.807) is 88.7 Å². The van der Waals surface area contributed by atoms with Crippen molar-refractivity contribution >= 4 is 26.3 Å². The van der Waals surface area contributed by atoms with Crippen molar-refractivity contribution in [1.29, 1.82) is 0 Å². The van der Waals surface area contributed by atoms with E-state index in [0.29, 0.717) is 35.0 Å². The second-order valence-electron chi connectivity index (χ2n) is 16.6. The fraction of sp³-hybridized carbons (Fsp3) is 0.367. The molecule has 0 radical (unpaired) electrons. The van der Waals surface area contributed by atoms with Gasteiger partial charge < -0.3 is 18.9 Å². The molecular formula is C49H61F2N7O9S2. The summed E-state index contributed by atoms with van der Waals surface area (Å²) in [5.74, 6) is 2.71. The Morgan fingerprint density at radius 1 is 0.536 bits per heavy atom. The average molecular weight is 994 g/mol. The topological polar surface area (TPSA) is 168 Å². The molecule has 0 saturated carbocycles. The highest BCUT2D eigenvalue weighted by Gasteiger charge is 2.31. The lowest BCUT2D eigenvalue weighted by Gasteiger charge is -2.22. The highest BCUT2D eigenvalue weighted by Crippen LogP contribution is 2.27. The Morgan fingerprint density at radius 2 is 0.855 bits per heavy atom. The first kappa shape index (κ1) is 53.8. The summed E-state index contributed by atoms with van der Waals surface area (Å²) < 4.78 is 107. The van der Waals surface area contributed by atoms with E-state index in [-0.39, 0.29) is 60.6 Å². The third-order valence-corrected chi connectivity index (χ3v) is 14.1. The van der Waals surface area contributed by atoms with E-state index in [0.717, 1.165) is 22.3 Å². The molecule has 0 aliphatic heterocycles. The van der Waals surface area contributed by atoms with E-state index < -0.39 is 33.0 Å². The minimum absolute atomic E-state index is 0.105. The van der Waals surface area contributed by atoms with E-state index in [1.807, 2.05) is 76.2 Å². The zero-order valence-corrected chi connectivity index (χ0v) is 42.0. The van der Waals surface area contributed by atoms with Gasteiger partial charge in [0.05, 0.1) is 40.7 Å². The summed E-state index contributed by atoms with van der Waals surface area (Å²) >= 11 is 0. The lowest BCUT2D eigenvalue weighted by atomic mass is 10.2. The number of ether oxygens (including phenoxy) is 4. The Labute approximate surface area is 404 Å². The van der Waals surface area contributed by atoms with Gasteiger partial charge in [-0.05, 0) is 106 Å². The number of aldehydes is 1. The molecule has 0 aliphatic carbocycles. The quantitative estimate of drug-likeness (QED) is 0.0565. The van der Waals surface area contributed by atoms with Gasteiger partial charge in [-0.15, -0.1) is 0 Å². The van der Waals surface area contributed by atoms with Gasteiger partial charge in [-0.2, -0.15) is 18.8 Å². The van der Waals surface area contributed by atoms with E-state index in [2.05, 4.69) is 10.2 Å². The first-order valence-corrected chi connectivity index (χ1v) is 24.8. The number of methoxy groups -OCH3 is 4. The maximum absolute atomic E-state index is 13.9. The summed E-state index contributed by atoms with van der Waals surface area (Å²) in [6.45, 7) is 7.59. The number of benzene rings is 4. The van der Waals surface area contributed by atoms with Gasteiger partial charge in [-0.25, -0.2) is 25.6 Å². The van der Waals surface area contributed by atoms with E-state index in [4.69, 9.17) is 18.9 Å². The molecule has 0 fully saturated rings. The number of aromatic nitrogens is 4. The van der Waals surface area contributed by atoms with Crippen molar-refractivity contribution in [1.82, 2.24) is 33.1 Å². The van der Waals surface area contributed by atoms with Crippen molar-refractivity contribution in [3.8, 4) is 23.0 Å². The van der Waals surface area contributed by atoms with Crippen LogP contribution in [0.15, 0.2) is 119 Å². The maximum Gasteiger partial charge on any atom is 0.263 e. The van der Waals surface area contributed by atoms with Gasteiger partial charge in [0.2, 0.25) is 0 Å². The van der Waals surface area contributed by atoms with Crippen LogP contribution in [0.1, 0.15) is 78.2 Å². The molecule has 2 heterocycles. The molecule has 16 nitrogen and oxygen atoms in total. The van der Waals surface area contributed by atoms with Crippen molar-refractivity contribution in [3.63, 3.8) is 0 Å². The van der Waals surface area contributed by atoms with E-state index >= 15 is 0 Å². The van der Waals surface area contributed by atoms with Crippen molar-refractivity contribution < 1.29 is 49.4 Å². The number of alkyl halides is 2. The summed E-state index contributed by atoms with van der Waals surface area (Å²) in [7, 11) is -0.196. The molecule has 6 rings (SSSR count). The molecule has 0 atom stereocenters. The zero-order valence-electron chi connectivity index (χ0n) is 40.3. The lowest BCUT2D eigenvalue weighted by Crippen LogP contribution is -2.30. The molecule has 0 amide bonds. The Morgan fingerprint density at radius 3 is 1.13 bits per heavy atom. The predicted octanol–water partition coefficient (Wildman–Crippen LogP) is 8.25. The van der Waals surface area contributed by atoms with Crippen molar-refractivity contribution in [2.45, 2.75) is 89.0 Å². The highest BCUT2D eigenvalue weighted by atomic mass is 32.2. The Bertz CT molecular complexity index is 2690. The van der Waals surface area contributed by atoms with E-state index in [9.17, 15) is 30.4 Å². The molecule has 372 valence electrons. The van der Waals surface area contributed by atoms with Gasteiger partial charge in [-0.1, -0.05) is 48.5 Å². The second-order valence-corrected chi connectivity index (χ2v) is 20.4. The minimum Gasteiger partial charge on any atom is -0.497 e. The van der Waals surface area contributed by atoms with Gasteiger partial charge in [0.1, 0.15) is 28.7 Å². The number of sulfonamides is 2. The van der Waals surface area contributed by atoms with Gasteiger partial charge >= 0.3 is 0 Å². The van der Waals surface area contributed by atoms with Crippen LogP contribution in [0, 0.1) is 0 Å². The van der Waals surface area contributed by atoms with Crippen LogP contribution in [0.4, 0.5) is 8.78 Å². The molecule has 4 aromatic carbocycles. The third kappa shape index (κ3) is 14.4. The number of carbonyl (C=O) groups excluding carboxylic acids is 1. The predicted molar refractivity (Wildman–Crippen MR) is 258 cm³/mol. The number of rotatable bonds is 23. The molecule has 0 saturated heterocycles. The molecule has 0 bridgehead atoms. The molecule has 0 N–H and O–H groups in total. The monoisotopic (exact) mass is 993 g/mol. The normalized spacial score (nSPS) is 12.0. The number of carbonyl (C=O) groups is 1. The Hall–Kier alpha value is -6.19. The van der Waals surface area contributed by atoms with Crippen LogP contribution in [0.25, 0.3) is 0 Å². The first-order chi connectivity index (χ1) is 32.8. The maximum atomic E-state index is 13.9. The standard InChI is InChI=1S/C26H34F2N4O4S.C23H27N3O5S/c1-19(2)32-22(17-30(3)18-25(27)28)14-26(29-32)37(33,34)31(15-20-6-10-23(35-4)11-7-20)16-21-8-12-24(36-5)13-9-21;1-17(2)26-20(16-27)13-23(24-26)32(28,29)25(14-18-5-9-21(30-3)10-6-18)15-19-7-11-22(31-4)12-8-19/h6-14,19,25H,15-18H2,1-5H3;5-13,16-17H,14-15H2,1-4H3. The van der Waals surface area contributed by atoms with Crippen LogP contribution >= 0.6 is 0 Å². The molecule has 20 heteroatoms. The lowest BCUT2D eigenvalue weighted by molar-refractivity contribution is 0.0962. The molecule has 6 aromatic rings. The third-order valence-electron chi connectivity index (χ3n) is 10.8. The van der Waals surface area contributed by atoms with Gasteiger partial charge in [0.15, 0.2) is 16.3 Å². The SMILES string of the molecule is COc1ccc(CN(Cc2ccc(OC)cc2)S(=O)(=O)c2cc(C=O)n(C(C)C)n2)cc1.COc1ccc(CN(Cc2ccc(OC)cc2)S(=O)(=O)c2cc(CN(C)CC(F)F)n(C(C)C)n2)cc1. The Balaban J connectivity index is 0.000000260. The smallest absolute Gasteiger partial charge is 0.263 e. The van der Waals surface area contributed by atoms with Gasteiger partial charge in [0.25, 0.3) is 26.5 Å². The molecule has 69 heavy (non-hydrogen) atoms. The van der Waals surface area contributed by atoms with Crippen molar-refractivity contribution in [3.05, 3.63) is 143 Å². The number of hydrogen-bond acceptors (Lipinski definition) is 12. The summed E-state index contributed by atoms with van der Waals surface area (Å²) in [5, 5.41) is 8.35. The van der Waals surface area contributed by atoms with Crippen molar-refractivity contribution in [2.75, 3.05) is 42.0 Å². The first-order valence-electron chi connectivity index (χ1n) is 21.9. The zero-order chi connectivity index (χ0) is 50.5. The van der Waals surface area contributed by atoms with Crippen LogP contribution in [-0.2, 0) is 52.8 Å². The molecular weight excluding hydrogens is 933 g/mol. The molecule has 0 spiro atoms. The van der Waals surface area contributed by atoms with Crippen LogP contribution in [0.5, 0.6) is 23.0 Å². The largest absolute Gasteiger partial charge is 0.497 e. The highest BCUT2D eigenvalue weighted by molar-refractivity contribution is 7.89. The summed E-state index contributed by atoms with van der Waals surface area (Å²) in [6.07, 6.45) is -1.88. The number of halogens is 2. The van der Waals surface area contributed by atoms with Crippen molar-refractivity contribution in [2.24, 2.45) is 0 Å². The fourth-order valence-electron chi connectivity index (χ4n) is 7.14. The van der Waals surface area contributed by atoms with Crippen LogP contribution in [0.3, 0.4) is 0 Å². The van der Waals surface area contributed by atoms with Gasteiger partial charge in [0, 0.05) is 56.9 Å². The Kier molecular flexibility index (Phi) is 19.0. The number of hydrogen-bond donors (Lipinski definition) is 0. The van der Waals surface area contributed by atoms with Crippen LogP contribution in [0.2, 0.25) is 0 Å². The fourth-order valence-corrected chi connectivity index (χ4v) is 9.89. The molecule has 2 aromatic heterocycles. The van der Waals surface area contributed by atoms with Crippen LogP contribution < -0.4 is 18.9 Å². The van der Waals surface area contributed by atoms with Crippen LogP contribution in [-0.4, -0.2) is 105 Å². The van der Waals surface area contributed by atoms with Gasteiger partial charge in [-0.3, -0.25) is 19.1 Å². The molecule has 0 unspecified atom stereocenters. The second kappa shape index (κ2) is 24.4. The summed E-state index contributed by atoms with van der Waals surface area (Å²) in [6, 6.07) is 31.2.